The summed E-state index contributed by atoms with van der Waals surface area (Å²) in [4.78, 5) is 23.1. The molecule has 1 unspecified atom stereocenters. The number of rotatable bonds is 9. The molecule has 0 radical (unpaired) electrons. The molecular formula is C27H31N5O2. The summed E-state index contributed by atoms with van der Waals surface area (Å²) in [7, 11) is 4.04. The minimum absolute atomic E-state index is 0.0513. The van der Waals surface area contributed by atoms with Crippen LogP contribution in [0.5, 0.6) is 0 Å². The van der Waals surface area contributed by atoms with Gasteiger partial charge in [-0.3, -0.25) is 10.3 Å². The first-order valence-corrected chi connectivity index (χ1v) is 11.6. The van der Waals surface area contributed by atoms with Crippen LogP contribution in [-0.2, 0) is 11.3 Å². The van der Waals surface area contributed by atoms with Crippen molar-refractivity contribution in [3.63, 3.8) is 0 Å². The zero-order valence-corrected chi connectivity index (χ0v) is 19.7. The third-order valence-corrected chi connectivity index (χ3v) is 5.96. The van der Waals surface area contributed by atoms with Crippen molar-refractivity contribution < 1.29 is 9.53 Å². The van der Waals surface area contributed by atoms with Crippen molar-refractivity contribution in [2.75, 3.05) is 20.6 Å². The van der Waals surface area contributed by atoms with E-state index in [1.807, 2.05) is 61.9 Å². The lowest BCUT2D eigenvalue weighted by atomic mass is 9.99. The van der Waals surface area contributed by atoms with Crippen molar-refractivity contribution in [1.29, 1.82) is 0 Å². The highest BCUT2D eigenvalue weighted by Gasteiger charge is 2.26. The monoisotopic (exact) mass is 457 g/mol. The number of benzene rings is 2. The van der Waals surface area contributed by atoms with E-state index in [0.717, 1.165) is 53.0 Å². The highest BCUT2D eigenvalue weighted by molar-refractivity contribution is 5.88. The molecule has 2 N–H and O–H groups in total. The Morgan fingerprint density at radius 2 is 1.82 bits per heavy atom. The average molecular weight is 458 g/mol. The van der Waals surface area contributed by atoms with E-state index in [2.05, 4.69) is 45.8 Å². The maximum absolute atomic E-state index is 11.9. The van der Waals surface area contributed by atoms with Gasteiger partial charge in [0.1, 0.15) is 18.6 Å². The van der Waals surface area contributed by atoms with Crippen LogP contribution in [0, 0.1) is 0 Å². The number of amides is 1. The molecule has 1 aromatic heterocycles. The summed E-state index contributed by atoms with van der Waals surface area (Å²) in [6, 6.07) is 20.1. The highest BCUT2D eigenvalue weighted by Crippen LogP contribution is 2.36. The van der Waals surface area contributed by atoms with Gasteiger partial charge in [-0.2, -0.15) is 0 Å². The number of carbonyl (C=O) groups excluding carboxylic acids is 1. The molecule has 1 aliphatic heterocycles. The van der Waals surface area contributed by atoms with Crippen molar-refractivity contribution in [3.8, 4) is 11.1 Å². The van der Waals surface area contributed by atoms with Crippen molar-refractivity contribution in [1.82, 2.24) is 20.5 Å². The number of alkyl carbamates (subject to hydrolysis) is 1. The lowest BCUT2D eigenvalue weighted by molar-refractivity contribution is 0.139. The third-order valence-electron chi connectivity index (χ3n) is 5.96. The Balaban J connectivity index is 1.29. The molecule has 1 aliphatic rings. The number of hydrogen-bond acceptors (Lipinski definition) is 6. The van der Waals surface area contributed by atoms with Crippen LogP contribution in [0.25, 0.3) is 11.1 Å². The summed E-state index contributed by atoms with van der Waals surface area (Å²) in [5.74, 6) is 1.04. The Bertz CT molecular complexity index is 1120. The van der Waals surface area contributed by atoms with Crippen molar-refractivity contribution in [3.05, 3.63) is 84.2 Å². The molecule has 0 fully saturated rings. The van der Waals surface area contributed by atoms with Crippen LogP contribution >= 0.6 is 0 Å². The molecule has 3 aromatic rings. The van der Waals surface area contributed by atoms with Crippen LogP contribution in [0.3, 0.4) is 0 Å². The average Bonchev–Trinajstić information content (AvgIpc) is 2.88. The van der Waals surface area contributed by atoms with Crippen molar-refractivity contribution in [2.24, 2.45) is 4.99 Å². The summed E-state index contributed by atoms with van der Waals surface area (Å²) in [6.07, 6.45) is 5.89. The van der Waals surface area contributed by atoms with Crippen LogP contribution in [-0.4, -0.2) is 42.5 Å². The molecule has 1 atom stereocenters. The fraction of sp³-hybridized carbons (Fsp3) is 0.296. The molecule has 34 heavy (non-hydrogen) atoms. The van der Waals surface area contributed by atoms with Crippen LogP contribution in [0.2, 0.25) is 0 Å². The Hall–Kier alpha value is -3.71. The number of pyridine rings is 1. The van der Waals surface area contributed by atoms with Gasteiger partial charge in [-0.05, 0) is 60.8 Å². The van der Waals surface area contributed by atoms with Gasteiger partial charge in [-0.25, -0.2) is 9.79 Å². The number of ether oxygens (including phenoxy) is 1. The first-order chi connectivity index (χ1) is 16.7. The van der Waals surface area contributed by atoms with Gasteiger partial charge < -0.3 is 15.0 Å². The molecular weight excluding hydrogens is 426 g/mol. The molecule has 7 heteroatoms. The van der Waals surface area contributed by atoms with E-state index in [1.165, 1.54) is 0 Å². The van der Waals surface area contributed by atoms with Gasteiger partial charge in [0.2, 0.25) is 0 Å². The molecule has 4 rings (SSSR count). The second kappa shape index (κ2) is 11.4. The Labute approximate surface area is 200 Å². The fourth-order valence-electron chi connectivity index (χ4n) is 4.13. The minimum Gasteiger partial charge on any atom is -0.445 e. The summed E-state index contributed by atoms with van der Waals surface area (Å²) in [5.41, 5.74) is 5.42. The molecule has 2 aromatic carbocycles. The lowest BCUT2D eigenvalue weighted by Gasteiger charge is -2.35. The number of nitrogens with one attached hydrogen (secondary N) is 2. The molecule has 7 nitrogen and oxygen atoms in total. The zero-order chi connectivity index (χ0) is 23.8. The Morgan fingerprint density at radius 3 is 2.59 bits per heavy atom. The van der Waals surface area contributed by atoms with Crippen molar-refractivity contribution >= 4 is 17.6 Å². The van der Waals surface area contributed by atoms with E-state index < -0.39 is 0 Å². The Kier molecular flexibility index (Phi) is 7.88. The molecule has 0 spiro atoms. The molecule has 1 amide bonds. The summed E-state index contributed by atoms with van der Waals surface area (Å²) in [5, 5.41) is 6.25. The SMILES string of the molecule is CNC1c2cc(-c3ccncc3)ccc2N=C(CCCCNC(=O)OCc2ccccc2)N1C. The fourth-order valence-corrected chi connectivity index (χ4v) is 4.13. The molecule has 0 bridgehead atoms. The number of fused-ring (bicyclic) bond motifs is 1. The van der Waals surface area contributed by atoms with Gasteiger partial charge in [0, 0.05) is 38.0 Å². The number of aromatic nitrogens is 1. The minimum atomic E-state index is -0.384. The van der Waals surface area contributed by atoms with Gasteiger partial charge in [0.15, 0.2) is 0 Å². The zero-order valence-electron chi connectivity index (χ0n) is 19.7. The maximum atomic E-state index is 11.9. The quantitative estimate of drug-likeness (QED) is 0.440. The Morgan fingerprint density at radius 1 is 1.03 bits per heavy atom. The van der Waals surface area contributed by atoms with Gasteiger partial charge in [-0.15, -0.1) is 0 Å². The molecule has 0 saturated carbocycles. The summed E-state index contributed by atoms with van der Waals surface area (Å²) < 4.78 is 5.26. The van der Waals surface area contributed by atoms with Crippen LogP contribution in [0.4, 0.5) is 10.5 Å². The van der Waals surface area contributed by atoms with Crippen molar-refractivity contribution in [2.45, 2.75) is 32.0 Å². The summed E-state index contributed by atoms with van der Waals surface area (Å²) in [6.45, 7) is 0.855. The van der Waals surface area contributed by atoms with Gasteiger partial charge in [0.25, 0.3) is 0 Å². The van der Waals surface area contributed by atoms with Crippen LogP contribution in [0.15, 0.2) is 78.0 Å². The third kappa shape index (κ3) is 5.80. The van der Waals surface area contributed by atoms with E-state index in [0.29, 0.717) is 6.54 Å². The maximum Gasteiger partial charge on any atom is 0.407 e. The highest BCUT2D eigenvalue weighted by atomic mass is 16.5. The van der Waals surface area contributed by atoms with Crippen LogP contribution in [0.1, 0.15) is 36.6 Å². The van der Waals surface area contributed by atoms with Gasteiger partial charge >= 0.3 is 6.09 Å². The number of hydrogen-bond donors (Lipinski definition) is 2. The second-order valence-corrected chi connectivity index (χ2v) is 8.29. The number of unbranched alkanes of at least 4 members (excludes halogenated alkanes) is 1. The number of carbonyl (C=O) groups is 1. The van der Waals surface area contributed by atoms with E-state index >= 15 is 0 Å². The molecule has 0 saturated heterocycles. The first kappa shape index (κ1) is 23.4. The normalized spacial score (nSPS) is 14.8. The number of nitrogens with zero attached hydrogens (tertiary/aromatic N) is 3. The first-order valence-electron chi connectivity index (χ1n) is 11.6. The smallest absolute Gasteiger partial charge is 0.407 e. The topological polar surface area (TPSA) is 78.8 Å². The molecule has 2 heterocycles. The molecule has 176 valence electrons. The van der Waals surface area contributed by atoms with Gasteiger partial charge in [-0.1, -0.05) is 36.4 Å². The van der Waals surface area contributed by atoms with Crippen LogP contribution < -0.4 is 10.6 Å². The predicted octanol–water partition coefficient (Wildman–Crippen LogP) is 5.04. The lowest BCUT2D eigenvalue weighted by Crippen LogP contribution is -2.40. The molecule has 0 aliphatic carbocycles. The van der Waals surface area contributed by atoms with E-state index in [9.17, 15) is 4.79 Å². The van der Waals surface area contributed by atoms with E-state index in [1.54, 1.807) is 0 Å². The number of amidine groups is 1. The van der Waals surface area contributed by atoms with E-state index in [4.69, 9.17) is 9.73 Å². The predicted molar refractivity (Wildman–Crippen MR) is 135 cm³/mol. The second-order valence-electron chi connectivity index (χ2n) is 8.29. The standard InChI is InChI=1S/C27H31N5O2/c1-28-26-23-18-22(21-13-16-29-17-14-21)11-12-24(23)31-25(32(26)2)10-6-7-15-30-27(33)34-19-20-8-4-3-5-9-20/h3-5,8-9,11-14,16-18,26,28H,6-7,10,15,19H2,1-2H3,(H,30,33). The largest absolute Gasteiger partial charge is 0.445 e. The van der Waals surface area contributed by atoms with E-state index in [-0.39, 0.29) is 18.9 Å². The van der Waals surface area contributed by atoms with Gasteiger partial charge in [0.05, 0.1) is 5.69 Å². The summed E-state index contributed by atoms with van der Waals surface area (Å²) >= 11 is 0. The number of aliphatic imine (C=N–C) groups is 1.